The molecular formula is C15H23NO3. The molecule has 0 saturated heterocycles. The highest BCUT2D eigenvalue weighted by molar-refractivity contribution is 5.77. The Morgan fingerprint density at radius 1 is 1.32 bits per heavy atom. The first kappa shape index (κ1) is 15.7. The smallest absolute Gasteiger partial charge is 0.327 e. The first-order valence-corrected chi connectivity index (χ1v) is 6.68. The highest BCUT2D eigenvalue weighted by Crippen LogP contribution is 2.17. The Hall–Kier alpha value is -1.39. The summed E-state index contributed by atoms with van der Waals surface area (Å²) in [5.74, 6) is -0.0848. The van der Waals surface area contributed by atoms with Crippen molar-refractivity contribution in [2.24, 2.45) is 5.92 Å². The minimum Gasteiger partial charge on any atom is -0.465 e. The van der Waals surface area contributed by atoms with Crippen molar-refractivity contribution < 1.29 is 14.6 Å². The number of benzene rings is 1. The number of aliphatic hydroxyl groups excluding tert-OH is 1. The lowest BCUT2D eigenvalue weighted by atomic mass is 10.0. The van der Waals surface area contributed by atoms with E-state index in [0.29, 0.717) is 6.61 Å². The molecule has 0 bridgehead atoms. The Bertz CT molecular complexity index is 378. The second-order valence-electron chi connectivity index (χ2n) is 4.80. The minimum absolute atomic E-state index is 0.0135. The maximum absolute atomic E-state index is 12.1. The summed E-state index contributed by atoms with van der Waals surface area (Å²) in [4.78, 5) is 12.1. The van der Waals surface area contributed by atoms with Crippen molar-refractivity contribution >= 4 is 5.97 Å². The number of ether oxygens (including phenoxy) is 1. The molecule has 0 aliphatic heterocycles. The lowest BCUT2D eigenvalue weighted by molar-refractivity contribution is -0.146. The number of aliphatic hydroxyl groups is 1. The van der Waals surface area contributed by atoms with Gasteiger partial charge in [0.25, 0.3) is 0 Å². The van der Waals surface area contributed by atoms with Crippen LogP contribution in [0.2, 0.25) is 0 Å². The van der Waals surface area contributed by atoms with Gasteiger partial charge in [-0.2, -0.15) is 0 Å². The summed E-state index contributed by atoms with van der Waals surface area (Å²) in [5.41, 5.74) is 0.847. The Labute approximate surface area is 114 Å². The summed E-state index contributed by atoms with van der Waals surface area (Å²) < 4.78 is 5.10. The SMILES string of the molecule is CCOC(=O)C(NC(CO)C(C)C)c1ccccc1. The number of hydrogen-bond acceptors (Lipinski definition) is 4. The first-order chi connectivity index (χ1) is 9.10. The van der Waals surface area contributed by atoms with Crippen molar-refractivity contribution in [1.29, 1.82) is 0 Å². The predicted octanol–water partition coefficient (Wildman–Crippen LogP) is 1.90. The Morgan fingerprint density at radius 3 is 2.42 bits per heavy atom. The van der Waals surface area contributed by atoms with Crippen LogP contribution in [-0.4, -0.2) is 30.3 Å². The molecule has 2 atom stereocenters. The van der Waals surface area contributed by atoms with Crippen LogP contribution in [-0.2, 0) is 9.53 Å². The van der Waals surface area contributed by atoms with Gasteiger partial charge >= 0.3 is 5.97 Å². The molecular weight excluding hydrogens is 242 g/mol. The number of carbonyl (C=O) groups is 1. The predicted molar refractivity (Wildman–Crippen MR) is 74.7 cm³/mol. The third kappa shape index (κ3) is 4.65. The van der Waals surface area contributed by atoms with E-state index in [1.807, 2.05) is 44.2 Å². The average molecular weight is 265 g/mol. The molecule has 0 spiro atoms. The van der Waals surface area contributed by atoms with E-state index < -0.39 is 6.04 Å². The minimum atomic E-state index is -0.541. The van der Waals surface area contributed by atoms with Crippen LogP contribution in [0, 0.1) is 5.92 Å². The van der Waals surface area contributed by atoms with Gasteiger partial charge in [0.15, 0.2) is 0 Å². The van der Waals surface area contributed by atoms with Gasteiger partial charge in [-0.25, -0.2) is 4.79 Å². The molecule has 2 unspecified atom stereocenters. The van der Waals surface area contributed by atoms with Crippen LogP contribution in [0.5, 0.6) is 0 Å². The Morgan fingerprint density at radius 2 is 1.95 bits per heavy atom. The maximum atomic E-state index is 12.1. The molecule has 4 nitrogen and oxygen atoms in total. The van der Waals surface area contributed by atoms with Crippen LogP contribution in [0.3, 0.4) is 0 Å². The van der Waals surface area contributed by atoms with Crippen LogP contribution in [0.4, 0.5) is 0 Å². The van der Waals surface area contributed by atoms with E-state index in [9.17, 15) is 9.90 Å². The third-order valence-corrected chi connectivity index (χ3v) is 3.04. The fourth-order valence-corrected chi connectivity index (χ4v) is 1.84. The Balaban J connectivity index is 2.90. The molecule has 0 aliphatic carbocycles. The second kappa shape index (κ2) is 7.92. The highest BCUT2D eigenvalue weighted by Gasteiger charge is 2.25. The molecule has 0 aromatic heterocycles. The van der Waals surface area contributed by atoms with Gasteiger partial charge in [-0.3, -0.25) is 5.32 Å². The van der Waals surface area contributed by atoms with Crippen molar-refractivity contribution in [1.82, 2.24) is 5.32 Å². The number of rotatable bonds is 7. The van der Waals surface area contributed by atoms with Gasteiger partial charge in [-0.15, -0.1) is 0 Å². The molecule has 19 heavy (non-hydrogen) atoms. The number of nitrogens with one attached hydrogen (secondary N) is 1. The van der Waals surface area contributed by atoms with E-state index in [4.69, 9.17) is 4.74 Å². The van der Waals surface area contributed by atoms with Crippen molar-refractivity contribution in [3.8, 4) is 0 Å². The second-order valence-corrected chi connectivity index (χ2v) is 4.80. The van der Waals surface area contributed by atoms with Crippen molar-refractivity contribution in [3.05, 3.63) is 35.9 Å². The molecule has 0 saturated carbocycles. The molecule has 0 fully saturated rings. The van der Waals surface area contributed by atoms with Crippen LogP contribution in [0.1, 0.15) is 32.4 Å². The molecule has 106 valence electrons. The molecule has 1 aromatic rings. The molecule has 2 N–H and O–H groups in total. The largest absolute Gasteiger partial charge is 0.465 e. The highest BCUT2D eigenvalue weighted by atomic mass is 16.5. The zero-order valence-electron chi connectivity index (χ0n) is 11.8. The van der Waals surface area contributed by atoms with Gasteiger partial charge in [0.1, 0.15) is 6.04 Å². The number of hydrogen-bond donors (Lipinski definition) is 2. The number of esters is 1. The molecule has 0 amide bonds. The lowest BCUT2D eigenvalue weighted by Gasteiger charge is -2.26. The summed E-state index contributed by atoms with van der Waals surface area (Å²) in [7, 11) is 0. The lowest BCUT2D eigenvalue weighted by Crippen LogP contribution is -2.43. The summed E-state index contributed by atoms with van der Waals surface area (Å²) in [5, 5.41) is 12.6. The van der Waals surface area contributed by atoms with Gasteiger partial charge in [-0.1, -0.05) is 44.2 Å². The summed E-state index contributed by atoms with van der Waals surface area (Å²) in [6.45, 7) is 6.11. The van der Waals surface area contributed by atoms with Crippen molar-refractivity contribution in [3.63, 3.8) is 0 Å². The zero-order valence-corrected chi connectivity index (χ0v) is 11.8. The molecule has 1 aromatic carbocycles. The van der Waals surface area contributed by atoms with E-state index in [1.165, 1.54) is 0 Å². The van der Waals surface area contributed by atoms with Crippen LogP contribution in [0.15, 0.2) is 30.3 Å². The normalized spacial score (nSPS) is 14.2. The fraction of sp³-hybridized carbons (Fsp3) is 0.533. The topological polar surface area (TPSA) is 58.6 Å². The molecule has 1 rings (SSSR count). The summed E-state index contributed by atoms with van der Waals surface area (Å²) >= 11 is 0. The molecule has 0 heterocycles. The molecule has 0 radical (unpaired) electrons. The van der Waals surface area contributed by atoms with Gasteiger partial charge in [-0.05, 0) is 18.4 Å². The zero-order chi connectivity index (χ0) is 14.3. The Kier molecular flexibility index (Phi) is 6.53. The summed E-state index contributed by atoms with van der Waals surface area (Å²) in [6.07, 6.45) is 0. The van der Waals surface area contributed by atoms with Crippen LogP contribution in [0.25, 0.3) is 0 Å². The van der Waals surface area contributed by atoms with Crippen LogP contribution >= 0.6 is 0 Å². The maximum Gasteiger partial charge on any atom is 0.327 e. The summed E-state index contributed by atoms with van der Waals surface area (Å²) in [6, 6.07) is 8.74. The van der Waals surface area contributed by atoms with E-state index in [1.54, 1.807) is 6.92 Å². The fourth-order valence-electron chi connectivity index (χ4n) is 1.84. The van der Waals surface area contributed by atoms with Gasteiger partial charge in [0.2, 0.25) is 0 Å². The quantitative estimate of drug-likeness (QED) is 0.739. The van der Waals surface area contributed by atoms with E-state index >= 15 is 0 Å². The molecule has 4 heteroatoms. The van der Waals surface area contributed by atoms with E-state index in [0.717, 1.165) is 5.56 Å². The number of carbonyl (C=O) groups excluding carboxylic acids is 1. The van der Waals surface area contributed by atoms with Gasteiger partial charge in [0.05, 0.1) is 13.2 Å². The third-order valence-electron chi connectivity index (χ3n) is 3.04. The average Bonchev–Trinajstić information content (AvgIpc) is 2.40. The van der Waals surface area contributed by atoms with Crippen molar-refractivity contribution in [2.45, 2.75) is 32.9 Å². The monoisotopic (exact) mass is 265 g/mol. The first-order valence-electron chi connectivity index (χ1n) is 6.68. The molecule has 0 aliphatic rings. The van der Waals surface area contributed by atoms with Gasteiger partial charge < -0.3 is 9.84 Å². The van der Waals surface area contributed by atoms with Gasteiger partial charge in [0, 0.05) is 6.04 Å². The standard InChI is InChI=1S/C15H23NO3/c1-4-19-15(18)14(12-8-6-5-7-9-12)16-13(10-17)11(2)3/h5-9,11,13-14,16-17H,4,10H2,1-3H3. The van der Waals surface area contributed by atoms with Crippen LogP contribution < -0.4 is 5.32 Å². The van der Waals surface area contributed by atoms with E-state index in [-0.39, 0.29) is 24.5 Å². The van der Waals surface area contributed by atoms with Crippen molar-refractivity contribution in [2.75, 3.05) is 13.2 Å². The van der Waals surface area contributed by atoms with E-state index in [2.05, 4.69) is 5.32 Å².